The van der Waals surface area contributed by atoms with Gasteiger partial charge in [-0.25, -0.2) is 4.58 Å². The smallest absolute Gasteiger partial charge is 0.456 e. The zero-order valence-electron chi connectivity index (χ0n) is 17.2. The molecule has 0 spiro atoms. The molecule has 3 rings (SSSR count). The zero-order valence-corrected chi connectivity index (χ0v) is 21.5. The molecule has 0 saturated heterocycles. The van der Waals surface area contributed by atoms with Gasteiger partial charge in [0.05, 0.1) is 6.07 Å². The van der Waals surface area contributed by atoms with Crippen molar-refractivity contribution in [1.82, 2.24) is 4.58 Å². The Bertz CT molecular complexity index is 891. The summed E-state index contributed by atoms with van der Waals surface area (Å²) < 4.78 is 8.59. The fraction of sp³-hybridized carbons (Fsp3) is 0.381. The average molecular weight is 525 g/mol. The Kier molecular flexibility index (Phi) is 17.4. The second-order valence-corrected chi connectivity index (χ2v) is 6.04. The van der Waals surface area contributed by atoms with E-state index in [0.29, 0.717) is 0 Å². The van der Waals surface area contributed by atoms with Crippen LogP contribution in [0, 0.1) is 0 Å². The molecule has 0 fully saturated rings. The number of nitrogens with zero attached hydrogens (tertiary/aromatic N) is 2. The Morgan fingerprint density at radius 3 is 1.97 bits per heavy atom. The maximum absolute atomic E-state index is 6.25. The summed E-state index contributed by atoms with van der Waals surface area (Å²) in [6.45, 7) is 12.7. The summed E-state index contributed by atoms with van der Waals surface area (Å²) in [7, 11) is 0. The summed E-state index contributed by atoms with van der Waals surface area (Å²) in [6.07, 6.45) is 0. The molecule has 0 unspecified atom stereocenters. The van der Waals surface area contributed by atoms with Gasteiger partial charge in [-0.05, 0) is 52.0 Å². The van der Waals surface area contributed by atoms with Crippen LogP contribution in [0.4, 0.5) is 5.69 Å². The van der Waals surface area contributed by atoms with Gasteiger partial charge in [-0.15, -0.1) is 49.6 Å². The third kappa shape index (κ3) is 7.24. The second-order valence-electron chi connectivity index (χ2n) is 6.04. The molecule has 1 aliphatic heterocycles. The van der Waals surface area contributed by atoms with E-state index < -0.39 is 0 Å². The Hall–Kier alpha value is -0.611. The molecule has 163 valence electrons. The Morgan fingerprint density at radius 2 is 1.41 bits per heavy atom. The van der Waals surface area contributed by atoms with E-state index in [1.165, 1.54) is 11.0 Å². The molecule has 0 bridgehead atoms. The first kappa shape index (κ1) is 33.0. The quantitative estimate of drug-likeness (QED) is 0.236. The molecule has 29 heavy (non-hydrogen) atoms. The molecule has 1 aliphatic carbocycles. The number of anilines is 1. The Labute approximate surface area is 209 Å². The zero-order chi connectivity index (χ0) is 17.1. The maximum atomic E-state index is 6.25. The largest absolute Gasteiger partial charge is 3.00 e. The minimum Gasteiger partial charge on any atom is -0.456 e. The predicted octanol–water partition coefficient (Wildman–Crippen LogP) is 5.88. The van der Waals surface area contributed by atoms with Crippen LogP contribution in [0.3, 0.4) is 0 Å². The van der Waals surface area contributed by atoms with Crippen molar-refractivity contribution in [2.24, 2.45) is 0 Å². The molecule has 1 aromatic rings. The average Bonchev–Trinajstić information content (AvgIpc) is 2.62. The maximum Gasteiger partial charge on any atom is 3.00 e. The van der Waals surface area contributed by atoms with Gasteiger partial charge in [-0.2, -0.15) is 0 Å². The number of benzene rings is 2. The minimum absolute atomic E-state index is 0. The first-order chi connectivity index (χ1) is 11.7. The number of hydrogen-bond donors (Lipinski definition) is 0. The summed E-state index contributed by atoms with van der Waals surface area (Å²) >= 11 is 0. The van der Waals surface area contributed by atoms with Crippen molar-refractivity contribution in [2.45, 2.75) is 27.7 Å². The van der Waals surface area contributed by atoms with Crippen LogP contribution in [0.1, 0.15) is 27.7 Å². The van der Waals surface area contributed by atoms with Gasteiger partial charge in [0.2, 0.25) is 5.36 Å². The van der Waals surface area contributed by atoms with Gasteiger partial charge in [-0.3, -0.25) is 0 Å². The molecular formula is C21H31Cl4FeN2O+4. The SMILES string of the molecule is CCN(CC)c1ccc2cc3ccc(=[N+](CC)CC)cc-3oc2c1.Cl.Cl.Cl.Cl.[Fe+3]. The van der Waals surface area contributed by atoms with Crippen LogP contribution < -0.4 is 14.8 Å². The third-order valence-electron chi connectivity index (χ3n) is 4.78. The predicted molar refractivity (Wildman–Crippen MR) is 132 cm³/mol. The second kappa shape index (κ2) is 15.2. The van der Waals surface area contributed by atoms with E-state index >= 15 is 0 Å². The van der Waals surface area contributed by atoms with Crippen molar-refractivity contribution in [3.05, 3.63) is 47.8 Å². The van der Waals surface area contributed by atoms with Gasteiger partial charge in [0.25, 0.3) is 0 Å². The molecule has 1 aromatic carbocycles. The molecule has 2 aliphatic rings. The van der Waals surface area contributed by atoms with Gasteiger partial charge in [-0.1, -0.05) is 0 Å². The van der Waals surface area contributed by atoms with Crippen LogP contribution in [-0.2, 0) is 17.1 Å². The van der Waals surface area contributed by atoms with Gasteiger partial charge >= 0.3 is 17.1 Å². The molecule has 1 radical (unpaired) electrons. The monoisotopic (exact) mass is 523 g/mol. The topological polar surface area (TPSA) is 19.4 Å². The van der Waals surface area contributed by atoms with Crippen molar-refractivity contribution < 1.29 is 21.5 Å². The van der Waals surface area contributed by atoms with Crippen molar-refractivity contribution in [3.63, 3.8) is 0 Å². The summed E-state index contributed by atoms with van der Waals surface area (Å²) in [4.78, 5) is 2.34. The minimum atomic E-state index is 0. The number of halogens is 4. The first-order valence-corrected chi connectivity index (χ1v) is 9.00. The van der Waals surface area contributed by atoms with Gasteiger partial charge in [0, 0.05) is 41.9 Å². The Morgan fingerprint density at radius 1 is 0.793 bits per heavy atom. The standard InChI is InChI=1S/C21H27N2O.4ClH.Fe/c1-5-22(6-2)18-11-9-16-13-17-10-12-19(23(7-3)8-4)15-21(17)24-20(16)14-18;;;;;/h9-15H,5-8H2,1-4H3;4*1H;/q+1;;;;;+3. The van der Waals surface area contributed by atoms with Crippen LogP contribution in [0.5, 0.6) is 0 Å². The van der Waals surface area contributed by atoms with E-state index in [2.05, 4.69) is 79.6 Å². The van der Waals surface area contributed by atoms with Gasteiger partial charge in [0.1, 0.15) is 24.4 Å². The van der Waals surface area contributed by atoms with E-state index in [-0.39, 0.29) is 66.7 Å². The molecule has 0 amide bonds. The van der Waals surface area contributed by atoms with Crippen LogP contribution in [-0.4, -0.2) is 26.2 Å². The van der Waals surface area contributed by atoms with Crippen LogP contribution >= 0.6 is 49.6 Å². The normalized spacial score (nSPS) is 9.24. The fourth-order valence-corrected chi connectivity index (χ4v) is 3.32. The summed E-state index contributed by atoms with van der Waals surface area (Å²) in [5.41, 5.74) is 3.31. The van der Waals surface area contributed by atoms with E-state index in [9.17, 15) is 0 Å². The fourth-order valence-electron chi connectivity index (χ4n) is 3.32. The van der Waals surface area contributed by atoms with E-state index in [0.717, 1.165) is 48.5 Å². The van der Waals surface area contributed by atoms with E-state index in [1.807, 2.05) is 0 Å². The molecule has 0 atom stereocenters. The summed E-state index contributed by atoms with van der Waals surface area (Å²) in [5.74, 6) is 0.948. The molecule has 1 heterocycles. The van der Waals surface area contributed by atoms with Crippen LogP contribution in [0.15, 0.2) is 46.9 Å². The summed E-state index contributed by atoms with van der Waals surface area (Å²) in [5, 5.41) is 2.37. The first-order valence-electron chi connectivity index (χ1n) is 9.00. The van der Waals surface area contributed by atoms with Gasteiger partial charge < -0.3 is 9.32 Å². The van der Waals surface area contributed by atoms with Crippen LogP contribution in [0.2, 0.25) is 0 Å². The number of rotatable bonds is 5. The molecular weight excluding hydrogens is 494 g/mol. The molecule has 0 N–H and O–H groups in total. The van der Waals surface area contributed by atoms with E-state index in [1.54, 1.807) is 0 Å². The molecule has 0 saturated carbocycles. The molecule has 0 aromatic heterocycles. The molecule has 8 heteroatoms. The Balaban J connectivity index is -0.00000135. The number of fused-ring (bicyclic) bond motifs is 2. The molecule has 3 nitrogen and oxygen atoms in total. The van der Waals surface area contributed by atoms with Crippen LogP contribution in [0.25, 0.3) is 22.3 Å². The van der Waals surface area contributed by atoms with E-state index in [4.69, 9.17) is 4.42 Å². The number of hydrogen-bond acceptors (Lipinski definition) is 2. The van der Waals surface area contributed by atoms with Gasteiger partial charge in [0.15, 0.2) is 0 Å². The van der Waals surface area contributed by atoms with Crippen molar-refractivity contribution in [2.75, 3.05) is 31.1 Å². The third-order valence-corrected chi connectivity index (χ3v) is 4.78. The van der Waals surface area contributed by atoms with Crippen molar-refractivity contribution in [3.8, 4) is 11.3 Å². The summed E-state index contributed by atoms with van der Waals surface area (Å²) in [6, 6.07) is 15.2. The van der Waals surface area contributed by atoms with Crippen molar-refractivity contribution in [1.29, 1.82) is 0 Å². The van der Waals surface area contributed by atoms with Crippen molar-refractivity contribution >= 4 is 66.3 Å².